The number of nitrogens with zero attached hydrogens (tertiary/aromatic N) is 2. The first kappa shape index (κ1) is 20.3. The maximum Gasteiger partial charge on any atom is 0.242 e. The molecule has 0 aromatic heterocycles. The van der Waals surface area contributed by atoms with Crippen molar-refractivity contribution in [2.24, 2.45) is 0 Å². The lowest BCUT2D eigenvalue weighted by molar-refractivity contribution is -0.139. The van der Waals surface area contributed by atoms with Crippen molar-refractivity contribution in [2.45, 2.75) is 44.2 Å². The molecule has 1 spiro atoms. The van der Waals surface area contributed by atoms with E-state index in [-0.39, 0.29) is 30.4 Å². The molecule has 7 nitrogen and oxygen atoms in total. The van der Waals surface area contributed by atoms with Gasteiger partial charge in [-0.25, -0.2) is 0 Å². The molecule has 2 heterocycles. The summed E-state index contributed by atoms with van der Waals surface area (Å²) in [5, 5.41) is 2.88. The Bertz CT molecular complexity index is 764. The van der Waals surface area contributed by atoms with Crippen LogP contribution in [0.1, 0.15) is 43.0 Å². The van der Waals surface area contributed by atoms with Gasteiger partial charge in [-0.15, -0.1) is 0 Å². The van der Waals surface area contributed by atoms with Gasteiger partial charge in [0.05, 0.1) is 12.0 Å². The minimum Gasteiger partial charge on any atom is -0.486 e. The number of fused-ring (bicyclic) bond motifs is 1. The highest BCUT2D eigenvalue weighted by Crippen LogP contribution is 2.39. The molecule has 1 aromatic carbocycles. The molecule has 2 amide bonds. The van der Waals surface area contributed by atoms with Crippen LogP contribution in [0.4, 0.5) is 0 Å². The zero-order valence-electron chi connectivity index (χ0n) is 16.9. The topological polar surface area (TPSA) is 79.0 Å². The molecule has 2 aliphatic heterocycles. The number of hydrogen-bond donors (Lipinski definition) is 1. The number of benzene rings is 1. The van der Waals surface area contributed by atoms with Gasteiger partial charge in [-0.3, -0.25) is 14.4 Å². The zero-order valence-corrected chi connectivity index (χ0v) is 16.9. The fraction of sp³-hybridized carbons (Fsp3) is 0.571. The van der Waals surface area contributed by atoms with Gasteiger partial charge in [0, 0.05) is 32.5 Å². The second-order valence-corrected chi connectivity index (χ2v) is 7.99. The number of carbonyl (C=O) groups excluding carboxylic acids is 3. The van der Waals surface area contributed by atoms with Crippen LogP contribution in [0.3, 0.4) is 0 Å². The fourth-order valence-electron chi connectivity index (χ4n) is 3.88. The summed E-state index contributed by atoms with van der Waals surface area (Å²) >= 11 is 0. The lowest BCUT2D eigenvalue weighted by Crippen LogP contribution is -2.49. The van der Waals surface area contributed by atoms with Crippen molar-refractivity contribution >= 4 is 17.6 Å². The van der Waals surface area contributed by atoms with Crippen LogP contribution in [0.15, 0.2) is 24.3 Å². The van der Waals surface area contributed by atoms with Crippen LogP contribution in [0.25, 0.3) is 0 Å². The number of likely N-dealkylation sites (N-methyl/N-ethyl adjacent to an activating group) is 1. The predicted octanol–water partition coefficient (Wildman–Crippen LogP) is 1.47. The van der Waals surface area contributed by atoms with Gasteiger partial charge in [0.2, 0.25) is 11.8 Å². The summed E-state index contributed by atoms with van der Waals surface area (Å²) in [6.45, 7) is 3.43. The Labute approximate surface area is 166 Å². The number of rotatable bonds is 5. The van der Waals surface area contributed by atoms with E-state index < -0.39 is 11.6 Å². The van der Waals surface area contributed by atoms with E-state index in [9.17, 15) is 14.4 Å². The summed E-state index contributed by atoms with van der Waals surface area (Å²) < 4.78 is 6.23. The largest absolute Gasteiger partial charge is 0.486 e. The molecule has 28 heavy (non-hydrogen) atoms. The molecule has 3 rings (SSSR count). The van der Waals surface area contributed by atoms with Crippen LogP contribution < -0.4 is 10.1 Å². The SMILES string of the molecule is C[C@@H](C(=O)NCCN(C)C)N1CC[C@@]2(CCC1=O)CC(=O)c1ccccc1O2. The smallest absolute Gasteiger partial charge is 0.242 e. The molecule has 0 aliphatic carbocycles. The fourth-order valence-corrected chi connectivity index (χ4v) is 3.88. The highest BCUT2D eigenvalue weighted by molar-refractivity contribution is 6.00. The molecule has 7 heteroatoms. The van der Waals surface area contributed by atoms with E-state index >= 15 is 0 Å². The monoisotopic (exact) mass is 387 g/mol. The number of likely N-dealkylation sites (tertiary alicyclic amines) is 1. The normalized spacial score (nSPS) is 23.2. The van der Waals surface area contributed by atoms with Crippen LogP contribution in [-0.2, 0) is 9.59 Å². The number of hydrogen-bond acceptors (Lipinski definition) is 5. The minimum atomic E-state index is -0.670. The molecule has 2 aliphatic rings. The van der Waals surface area contributed by atoms with Crippen molar-refractivity contribution in [1.82, 2.24) is 15.1 Å². The van der Waals surface area contributed by atoms with Gasteiger partial charge in [0.15, 0.2) is 5.78 Å². The van der Waals surface area contributed by atoms with Crippen molar-refractivity contribution in [1.29, 1.82) is 0 Å². The van der Waals surface area contributed by atoms with Gasteiger partial charge in [-0.05, 0) is 39.6 Å². The Hall–Kier alpha value is -2.41. The summed E-state index contributed by atoms with van der Waals surface area (Å²) in [5.74, 6) is 0.422. The first-order valence-corrected chi connectivity index (χ1v) is 9.84. The van der Waals surface area contributed by atoms with Gasteiger partial charge in [0.25, 0.3) is 0 Å². The Kier molecular flexibility index (Phi) is 6.03. The van der Waals surface area contributed by atoms with Crippen LogP contribution >= 0.6 is 0 Å². The van der Waals surface area contributed by atoms with Gasteiger partial charge in [-0.2, -0.15) is 0 Å². The maximum atomic E-state index is 12.7. The molecule has 1 N–H and O–H groups in total. The van der Waals surface area contributed by atoms with E-state index in [4.69, 9.17) is 4.74 Å². The summed E-state index contributed by atoms with van der Waals surface area (Å²) in [5.41, 5.74) is -0.0639. The average molecular weight is 387 g/mol. The van der Waals surface area contributed by atoms with Crippen LogP contribution in [0, 0.1) is 0 Å². The number of amides is 2. The maximum absolute atomic E-state index is 12.7. The molecule has 0 bridgehead atoms. The molecular formula is C21H29N3O4. The molecule has 1 fully saturated rings. The van der Waals surface area contributed by atoms with Crippen molar-refractivity contribution < 1.29 is 19.1 Å². The van der Waals surface area contributed by atoms with Gasteiger partial charge in [0.1, 0.15) is 17.4 Å². The summed E-state index contributed by atoms with van der Waals surface area (Å²) in [6.07, 6.45) is 1.56. The molecule has 0 saturated carbocycles. The summed E-state index contributed by atoms with van der Waals surface area (Å²) in [7, 11) is 3.88. The summed E-state index contributed by atoms with van der Waals surface area (Å²) in [6, 6.07) is 6.71. The molecule has 1 aromatic rings. The molecule has 2 atom stereocenters. The number of ether oxygens (including phenoxy) is 1. The first-order chi connectivity index (χ1) is 13.3. The third kappa shape index (κ3) is 4.35. The Morgan fingerprint density at radius 1 is 1.29 bits per heavy atom. The average Bonchev–Trinajstić information content (AvgIpc) is 2.80. The highest BCUT2D eigenvalue weighted by Gasteiger charge is 2.44. The second kappa shape index (κ2) is 8.31. The zero-order chi connectivity index (χ0) is 20.3. The van der Waals surface area contributed by atoms with Crippen LogP contribution in [0.5, 0.6) is 5.75 Å². The van der Waals surface area contributed by atoms with Crippen LogP contribution in [-0.4, -0.2) is 72.8 Å². The van der Waals surface area contributed by atoms with Crippen molar-refractivity contribution in [2.75, 3.05) is 33.7 Å². The molecule has 1 saturated heterocycles. The number of ketones is 1. The Morgan fingerprint density at radius 2 is 2.04 bits per heavy atom. The molecule has 152 valence electrons. The third-order valence-corrected chi connectivity index (χ3v) is 5.63. The summed E-state index contributed by atoms with van der Waals surface area (Å²) in [4.78, 5) is 41.4. The lowest BCUT2D eigenvalue weighted by atomic mass is 9.84. The number of nitrogens with one attached hydrogen (secondary N) is 1. The van der Waals surface area contributed by atoms with E-state index in [1.54, 1.807) is 24.0 Å². The van der Waals surface area contributed by atoms with Gasteiger partial charge < -0.3 is 19.9 Å². The third-order valence-electron chi connectivity index (χ3n) is 5.63. The van der Waals surface area contributed by atoms with E-state index in [0.717, 1.165) is 6.54 Å². The lowest BCUT2D eigenvalue weighted by Gasteiger charge is -2.37. The van der Waals surface area contributed by atoms with Crippen LogP contribution in [0.2, 0.25) is 0 Å². The number of carbonyl (C=O) groups is 3. The van der Waals surface area contributed by atoms with E-state index in [0.29, 0.717) is 37.2 Å². The first-order valence-electron chi connectivity index (χ1n) is 9.84. The Morgan fingerprint density at radius 3 is 2.79 bits per heavy atom. The van der Waals surface area contributed by atoms with E-state index in [1.165, 1.54) is 0 Å². The minimum absolute atomic E-state index is 0.0530. The molecular weight excluding hydrogens is 358 g/mol. The van der Waals surface area contributed by atoms with Crippen molar-refractivity contribution in [3.8, 4) is 5.75 Å². The number of para-hydroxylation sites is 1. The standard InChI is InChI=1S/C21H29N3O4/c1-15(20(27)22-11-13-23(2)3)24-12-10-21(9-8-19(24)26)14-17(25)16-6-4-5-7-18(16)28-21/h4-7,15H,8-14H2,1-3H3,(H,22,27)/t15-,21-/m0/s1. The molecule has 0 radical (unpaired) electrons. The van der Waals surface area contributed by atoms with Gasteiger partial charge >= 0.3 is 0 Å². The van der Waals surface area contributed by atoms with E-state index in [2.05, 4.69) is 5.32 Å². The van der Waals surface area contributed by atoms with E-state index in [1.807, 2.05) is 31.1 Å². The second-order valence-electron chi connectivity index (χ2n) is 7.99. The van der Waals surface area contributed by atoms with Gasteiger partial charge in [-0.1, -0.05) is 12.1 Å². The van der Waals surface area contributed by atoms with Crippen molar-refractivity contribution in [3.63, 3.8) is 0 Å². The van der Waals surface area contributed by atoms with Crippen molar-refractivity contribution in [3.05, 3.63) is 29.8 Å². The highest BCUT2D eigenvalue weighted by atomic mass is 16.5. The Balaban J connectivity index is 1.67. The number of Topliss-reactive ketones (excluding diaryl/α,β-unsaturated/α-hetero) is 1. The predicted molar refractivity (Wildman–Crippen MR) is 105 cm³/mol. The molecule has 0 unspecified atom stereocenters. The quantitative estimate of drug-likeness (QED) is 0.828.